The number of carbonyl (C=O) groups excluding carboxylic acids is 3. The number of piperidine rings is 1. The van der Waals surface area contributed by atoms with E-state index in [1.54, 1.807) is 6.92 Å². The SMILES string of the molecule is CCOC(=O)[C@H](CCCCC(=O)NCCC1CCN(Cc2ccccc2)CC1)NC(=O)OCc1ccccc1. The van der Waals surface area contributed by atoms with Crippen molar-refractivity contribution in [3.8, 4) is 0 Å². The molecule has 0 aromatic heterocycles. The van der Waals surface area contributed by atoms with E-state index < -0.39 is 18.1 Å². The van der Waals surface area contributed by atoms with Gasteiger partial charge in [-0.05, 0) is 69.2 Å². The van der Waals surface area contributed by atoms with Crippen LogP contribution in [0.5, 0.6) is 0 Å². The number of rotatable bonds is 15. The largest absolute Gasteiger partial charge is 0.464 e. The topological polar surface area (TPSA) is 97.0 Å². The normalized spacial score (nSPS) is 14.8. The molecule has 2 aromatic carbocycles. The monoisotopic (exact) mass is 537 g/mol. The number of amides is 2. The number of benzene rings is 2. The number of unbranched alkanes of at least 4 members (excludes halogenated alkanes) is 1. The van der Waals surface area contributed by atoms with Crippen LogP contribution < -0.4 is 10.6 Å². The zero-order chi connectivity index (χ0) is 27.7. The zero-order valence-corrected chi connectivity index (χ0v) is 23.1. The number of carbonyl (C=O) groups is 3. The summed E-state index contributed by atoms with van der Waals surface area (Å²) in [5.41, 5.74) is 2.22. The summed E-state index contributed by atoms with van der Waals surface area (Å²) in [4.78, 5) is 39.4. The molecule has 1 aliphatic rings. The van der Waals surface area contributed by atoms with Crippen molar-refractivity contribution in [1.29, 1.82) is 0 Å². The summed E-state index contributed by atoms with van der Waals surface area (Å²) in [7, 11) is 0. The fourth-order valence-corrected chi connectivity index (χ4v) is 4.81. The fourth-order valence-electron chi connectivity index (χ4n) is 4.81. The van der Waals surface area contributed by atoms with Crippen LogP contribution in [-0.2, 0) is 32.2 Å². The summed E-state index contributed by atoms with van der Waals surface area (Å²) < 4.78 is 10.3. The molecular weight excluding hydrogens is 494 g/mol. The van der Waals surface area contributed by atoms with Crippen molar-refractivity contribution in [3.63, 3.8) is 0 Å². The minimum absolute atomic E-state index is 0.0272. The lowest BCUT2D eigenvalue weighted by Crippen LogP contribution is -2.42. The quantitative estimate of drug-likeness (QED) is 0.250. The molecule has 1 aliphatic heterocycles. The molecule has 8 heteroatoms. The molecule has 2 N–H and O–H groups in total. The minimum Gasteiger partial charge on any atom is -0.464 e. The highest BCUT2D eigenvalue weighted by Gasteiger charge is 2.23. The molecule has 1 atom stereocenters. The molecular formula is C31H43N3O5. The first kappa shape index (κ1) is 30.2. The summed E-state index contributed by atoms with van der Waals surface area (Å²) >= 11 is 0. The molecule has 1 saturated heterocycles. The van der Waals surface area contributed by atoms with Crippen molar-refractivity contribution in [1.82, 2.24) is 15.5 Å². The minimum atomic E-state index is -0.802. The number of nitrogens with one attached hydrogen (secondary N) is 2. The van der Waals surface area contributed by atoms with Crippen LogP contribution in [0.25, 0.3) is 0 Å². The van der Waals surface area contributed by atoms with Crippen molar-refractivity contribution in [2.24, 2.45) is 5.92 Å². The summed E-state index contributed by atoms with van der Waals surface area (Å²) in [5.74, 6) is 0.184. The number of nitrogens with zero attached hydrogens (tertiary/aromatic N) is 1. The Morgan fingerprint density at radius 1 is 0.923 bits per heavy atom. The van der Waals surface area contributed by atoms with Gasteiger partial charge in [-0.25, -0.2) is 9.59 Å². The van der Waals surface area contributed by atoms with Crippen LogP contribution >= 0.6 is 0 Å². The number of hydrogen-bond acceptors (Lipinski definition) is 6. The van der Waals surface area contributed by atoms with Crippen LogP contribution in [0.15, 0.2) is 60.7 Å². The second-order valence-electron chi connectivity index (χ2n) is 10.1. The van der Waals surface area contributed by atoms with E-state index in [1.165, 1.54) is 18.4 Å². The molecule has 0 aliphatic carbocycles. The first-order valence-electron chi connectivity index (χ1n) is 14.2. The smallest absolute Gasteiger partial charge is 0.408 e. The molecule has 1 fully saturated rings. The lowest BCUT2D eigenvalue weighted by Gasteiger charge is -2.32. The van der Waals surface area contributed by atoms with Crippen molar-refractivity contribution >= 4 is 18.0 Å². The summed E-state index contributed by atoms with van der Waals surface area (Å²) in [6.45, 7) is 5.97. The van der Waals surface area contributed by atoms with Crippen molar-refractivity contribution < 1.29 is 23.9 Å². The molecule has 0 saturated carbocycles. The Bertz CT molecular complexity index is 994. The third-order valence-corrected chi connectivity index (χ3v) is 7.05. The molecule has 0 spiro atoms. The Hall–Kier alpha value is -3.39. The predicted octanol–water partition coefficient (Wildman–Crippen LogP) is 4.82. The third-order valence-electron chi connectivity index (χ3n) is 7.05. The van der Waals surface area contributed by atoms with Crippen LogP contribution in [-0.4, -0.2) is 55.2 Å². The van der Waals surface area contributed by atoms with E-state index in [-0.39, 0.29) is 19.1 Å². The maximum atomic E-state index is 12.3. The Labute approximate surface area is 232 Å². The molecule has 0 bridgehead atoms. The van der Waals surface area contributed by atoms with E-state index >= 15 is 0 Å². The molecule has 2 amide bonds. The van der Waals surface area contributed by atoms with Crippen molar-refractivity contribution in [2.45, 2.75) is 71.1 Å². The van der Waals surface area contributed by atoms with Gasteiger partial charge in [0.25, 0.3) is 0 Å². The number of esters is 1. The van der Waals surface area contributed by atoms with Gasteiger partial charge in [-0.2, -0.15) is 0 Å². The average Bonchev–Trinajstić information content (AvgIpc) is 2.95. The Morgan fingerprint density at radius 3 is 2.26 bits per heavy atom. The second kappa shape index (κ2) is 17.2. The van der Waals surface area contributed by atoms with E-state index in [4.69, 9.17) is 9.47 Å². The van der Waals surface area contributed by atoms with Gasteiger partial charge in [-0.3, -0.25) is 9.69 Å². The van der Waals surface area contributed by atoms with Gasteiger partial charge in [0.2, 0.25) is 5.91 Å². The molecule has 0 radical (unpaired) electrons. The molecule has 8 nitrogen and oxygen atoms in total. The number of alkyl carbamates (subject to hydrolysis) is 1. The fraction of sp³-hybridized carbons (Fsp3) is 0.516. The highest BCUT2D eigenvalue weighted by molar-refractivity contribution is 5.81. The molecule has 3 rings (SSSR count). The summed E-state index contributed by atoms with van der Waals surface area (Å²) in [6.07, 6.45) is 4.68. The lowest BCUT2D eigenvalue weighted by atomic mass is 9.93. The Morgan fingerprint density at radius 2 is 1.59 bits per heavy atom. The highest BCUT2D eigenvalue weighted by Crippen LogP contribution is 2.21. The molecule has 1 heterocycles. The van der Waals surface area contributed by atoms with E-state index in [9.17, 15) is 14.4 Å². The van der Waals surface area contributed by atoms with Gasteiger partial charge in [0.15, 0.2) is 0 Å². The molecule has 212 valence electrons. The van der Waals surface area contributed by atoms with Gasteiger partial charge in [-0.15, -0.1) is 0 Å². The van der Waals surface area contributed by atoms with Crippen LogP contribution in [0.2, 0.25) is 0 Å². The van der Waals surface area contributed by atoms with E-state index in [0.717, 1.165) is 31.6 Å². The molecule has 39 heavy (non-hydrogen) atoms. The summed E-state index contributed by atoms with van der Waals surface area (Å²) in [5, 5.41) is 5.65. The van der Waals surface area contributed by atoms with E-state index in [0.29, 0.717) is 38.1 Å². The lowest BCUT2D eigenvalue weighted by molar-refractivity contribution is -0.145. The Kier molecular flexibility index (Phi) is 13.3. The first-order valence-corrected chi connectivity index (χ1v) is 14.2. The first-order chi connectivity index (χ1) is 19.0. The number of hydrogen-bond donors (Lipinski definition) is 2. The van der Waals surface area contributed by atoms with E-state index in [2.05, 4.69) is 39.8 Å². The highest BCUT2D eigenvalue weighted by atomic mass is 16.6. The zero-order valence-electron chi connectivity index (χ0n) is 23.1. The molecule has 2 aromatic rings. The van der Waals surface area contributed by atoms with Crippen LogP contribution in [0, 0.1) is 5.92 Å². The third kappa shape index (κ3) is 11.9. The predicted molar refractivity (Wildman–Crippen MR) is 151 cm³/mol. The Balaban J connectivity index is 1.26. The van der Waals surface area contributed by atoms with E-state index in [1.807, 2.05) is 36.4 Å². The molecule has 0 unspecified atom stereocenters. The maximum absolute atomic E-state index is 12.3. The van der Waals surface area contributed by atoms with Gasteiger partial charge in [-0.1, -0.05) is 67.1 Å². The van der Waals surface area contributed by atoms with Gasteiger partial charge in [0.05, 0.1) is 6.61 Å². The number of likely N-dealkylation sites (tertiary alicyclic amines) is 1. The van der Waals surface area contributed by atoms with Gasteiger partial charge < -0.3 is 20.1 Å². The average molecular weight is 538 g/mol. The maximum Gasteiger partial charge on any atom is 0.408 e. The summed E-state index contributed by atoms with van der Waals surface area (Å²) in [6, 6.07) is 19.1. The van der Waals surface area contributed by atoms with Gasteiger partial charge in [0.1, 0.15) is 12.6 Å². The van der Waals surface area contributed by atoms with Crippen molar-refractivity contribution in [3.05, 3.63) is 71.8 Å². The second-order valence-corrected chi connectivity index (χ2v) is 10.1. The van der Waals surface area contributed by atoms with Gasteiger partial charge >= 0.3 is 12.1 Å². The van der Waals surface area contributed by atoms with Crippen LogP contribution in [0.3, 0.4) is 0 Å². The number of ether oxygens (including phenoxy) is 2. The van der Waals surface area contributed by atoms with Crippen LogP contribution in [0.1, 0.15) is 63.0 Å². The van der Waals surface area contributed by atoms with Crippen LogP contribution in [0.4, 0.5) is 4.79 Å². The van der Waals surface area contributed by atoms with Gasteiger partial charge in [0, 0.05) is 19.5 Å². The van der Waals surface area contributed by atoms with Crippen molar-refractivity contribution in [2.75, 3.05) is 26.2 Å². The standard InChI is InChI=1S/C31H43N3O5/c1-2-38-30(36)28(33-31(37)39-24-27-13-7-4-8-14-27)15-9-10-16-29(35)32-20-17-25-18-21-34(22-19-25)23-26-11-5-3-6-12-26/h3-8,11-14,25,28H,2,9-10,15-24H2,1H3,(H,32,35)(H,33,37)/t28-/m0/s1.